The number of benzene rings is 2. The Kier molecular flexibility index (Phi) is 6.19. The Labute approximate surface area is 212 Å². The second-order valence-electron chi connectivity index (χ2n) is 9.74. The van der Waals surface area contributed by atoms with Crippen LogP contribution in [0.2, 0.25) is 0 Å². The number of aromatic amines is 1. The summed E-state index contributed by atoms with van der Waals surface area (Å²) < 4.78 is 41.5. The minimum absolute atomic E-state index is 0.0167. The highest BCUT2D eigenvalue weighted by Gasteiger charge is 2.36. The second-order valence-corrected chi connectivity index (χ2v) is 9.74. The summed E-state index contributed by atoms with van der Waals surface area (Å²) in [5, 5.41) is 6.16. The first kappa shape index (κ1) is 24.8. The van der Waals surface area contributed by atoms with Gasteiger partial charge >= 0.3 is 6.18 Å². The molecule has 3 aromatic rings. The van der Waals surface area contributed by atoms with E-state index in [1.165, 1.54) is 18.2 Å². The molecular weight excluding hydrogens is 481 g/mol. The van der Waals surface area contributed by atoms with Crippen molar-refractivity contribution in [1.82, 2.24) is 15.2 Å². The molecule has 9 heteroatoms. The first-order valence-electron chi connectivity index (χ1n) is 12.1. The summed E-state index contributed by atoms with van der Waals surface area (Å²) in [6, 6.07) is 12.2. The molecule has 0 aliphatic carbocycles. The van der Waals surface area contributed by atoms with Crippen LogP contribution in [-0.2, 0) is 11.0 Å². The Hall–Kier alpha value is -3.85. The Morgan fingerprint density at radius 2 is 1.70 bits per heavy atom. The lowest BCUT2D eigenvalue weighted by molar-refractivity contribution is -0.137. The quantitative estimate of drug-likeness (QED) is 0.419. The van der Waals surface area contributed by atoms with Crippen LogP contribution in [0.4, 0.5) is 18.9 Å². The van der Waals surface area contributed by atoms with Gasteiger partial charge in [0.25, 0.3) is 11.8 Å². The third-order valence-electron chi connectivity index (χ3n) is 6.70. The number of carbonyl (C=O) groups is 2. The van der Waals surface area contributed by atoms with E-state index in [2.05, 4.69) is 15.6 Å². The van der Waals surface area contributed by atoms with Crippen LogP contribution in [0.3, 0.4) is 0 Å². The summed E-state index contributed by atoms with van der Waals surface area (Å²) >= 11 is 0. The van der Waals surface area contributed by atoms with Gasteiger partial charge in [-0.3, -0.25) is 9.59 Å². The molecule has 2 atom stereocenters. The molecule has 192 valence electrons. The van der Waals surface area contributed by atoms with Gasteiger partial charge in [-0.1, -0.05) is 30.3 Å². The van der Waals surface area contributed by atoms with Gasteiger partial charge in [0.2, 0.25) is 0 Å². The molecule has 0 spiro atoms. The number of carbonyl (C=O) groups excluding carboxylic acids is 2. The summed E-state index contributed by atoms with van der Waals surface area (Å²) in [7, 11) is 0. The lowest BCUT2D eigenvalue weighted by Gasteiger charge is -2.36. The maximum Gasteiger partial charge on any atom is 0.417 e. The van der Waals surface area contributed by atoms with Gasteiger partial charge in [0.05, 0.1) is 22.4 Å². The lowest BCUT2D eigenvalue weighted by Crippen LogP contribution is -2.55. The van der Waals surface area contributed by atoms with E-state index in [0.29, 0.717) is 35.6 Å². The number of hydrogen-bond donors (Lipinski definition) is 3. The van der Waals surface area contributed by atoms with Crippen LogP contribution < -0.4 is 10.6 Å². The summed E-state index contributed by atoms with van der Waals surface area (Å²) in [6.07, 6.45) is -3.00. The predicted octanol–water partition coefficient (Wildman–Crippen LogP) is 5.32. The third kappa shape index (κ3) is 4.67. The molecule has 2 amide bonds. The Morgan fingerprint density at radius 1 is 1.03 bits per heavy atom. The molecule has 0 radical (unpaired) electrons. The van der Waals surface area contributed by atoms with Crippen molar-refractivity contribution in [3.63, 3.8) is 0 Å². The van der Waals surface area contributed by atoms with Crippen molar-refractivity contribution in [2.24, 2.45) is 0 Å². The Balaban J connectivity index is 1.61. The Bertz CT molecular complexity index is 1410. The number of H-pyrrole nitrogens is 1. The van der Waals surface area contributed by atoms with Crippen molar-refractivity contribution in [2.75, 3.05) is 18.4 Å². The van der Waals surface area contributed by atoms with Crippen molar-refractivity contribution in [1.29, 1.82) is 0 Å². The smallest absolute Gasteiger partial charge is 0.358 e. The minimum Gasteiger partial charge on any atom is -0.358 e. The number of rotatable bonds is 3. The highest BCUT2D eigenvalue weighted by Crippen LogP contribution is 2.44. The molecule has 5 rings (SSSR count). The highest BCUT2D eigenvalue weighted by molar-refractivity contribution is 6.36. The molecule has 0 bridgehead atoms. The third-order valence-corrected chi connectivity index (χ3v) is 6.70. The van der Waals surface area contributed by atoms with E-state index in [-0.39, 0.29) is 34.7 Å². The van der Waals surface area contributed by atoms with Crippen molar-refractivity contribution in [3.8, 4) is 11.1 Å². The van der Waals surface area contributed by atoms with Crippen LogP contribution in [0, 0.1) is 6.92 Å². The standard InChI is InChI=1S/C28H27F3N4O2/c1-15-11-20(27(37)35-13-16(2)32-17(3)14-35)24(33-15)12-21-25-19(8-6-10-23(25)34-26(21)36)18-7-4-5-9-22(18)28(29,30)31/h4-12,16-17,32-33H,13-14H2,1-3H3,(H,34,36)/b21-12-/t16-,17+. The summed E-state index contributed by atoms with van der Waals surface area (Å²) in [6.45, 7) is 6.94. The van der Waals surface area contributed by atoms with Gasteiger partial charge in [-0.15, -0.1) is 0 Å². The summed E-state index contributed by atoms with van der Waals surface area (Å²) in [5.41, 5.74) is 2.08. The van der Waals surface area contributed by atoms with Crippen molar-refractivity contribution in [2.45, 2.75) is 39.0 Å². The molecule has 1 saturated heterocycles. The van der Waals surface area contributed by atoms with E-state index in [0.717, 1.165) is 11.8 Å². The topological polar surface area (TPSA) is 77.2 Å². The van der Waals surface area contributed by atoms with Gasteiger partial charge < -0.3 is 20.5 Å². The van der Waals surface area contributed by atoms with Crippen LogP contribution in [0.15, 0.2) is 48.5 Å². The molecule has 2 aliphatic rings. The summed E-state index contributed by atoms with van der Waals surface area (Å²) in [5.74, 6) is -0.604. The van der Waals surface area contributed by atoms with Crippen molar-refractivity contribution in [3.05, 3.63) is 76.6 Å². The molecule has 0 unspecified atom stereocenters. The molecule has 0 saturated carbocycles. The van der Waals surface area contributed by atoms with E-state index in [1.807, 2.05) is 20.8 Å². The zero-order chi connectivity index (χ0) is 26.5. The van der Waals surface area contributed by atoms with Gasteiger partial charge in [0.15, 0.2) is 0 Å². The van der Waals surface area contributed by atoms with E-state index in [4.69, 9.17) is 0 Å². The number of nitrogens with one attached hydrogen (secondary N) is 3. The molecule has 37 heavy (non-hydrogen) atoms. The SMILES string of the molecule is Cc1cc(C(=O)N2C[C@@H](C)N[C@@H](C)C2)c(/C=C2\C(=O)Nc3cccc(-c4ccccc4C(F)(F)F)c32)[nH]1. The van der Waals surface area contributed by atoms with Gasteiger partial charge in [-0.05, 0) is 56.2 Å². The van der Waals surface area contributed by atoms with Crippen molar-refractivity contribution < 1.29 is 22.8 Å². The molecule has 1 aromatic heterocycles. The van der Waals surface area contributed by atoms with Crippen LogP contribution >= 0.6 is 0 Å². The van der Waals surface area contributed by atoms with Crippen molar-refractivity contribution >= 4 is 29.2 Å². The number of aromatic nitrogens is 1. The van der Waals surface area contributed by atoms with E-state index in [1.54, 1.807) is 35.2 Å². The van der Waals surface area contributed by atoms with Crippen LogP contribution in [0.1, 0.15) is 46.7 Å². The fraction of sp³-hybridized carbons (Fsp3) is 0.286. The molecule has 6 nitrogen and oxygen atoms in total. The number of anilines is 1. The fourth-order valence-electron chi connectivity index (χ4n) is 5.29. The Morgan fingerprint density at radius 3 is 2.41 bits per heavy atom. The van der Waals surface area contributed by atoms with Gasteiger partial charge in [-0.2, -0.15) is 13.2 Å². The van der Waals surface area contributed by atoms with Crippen LogP contribution in [0.5, 0.6) is 0 Å². The molecule has 1 fully saturated rings. The molecule has 3 N–H and O–H groups in total. The largest absolute Gasteiger partial charge is 0.417 e. The molecule has 2 aliphatic heterocycles. The number of fused-ring (bicyclic) bond motifs is 1. The summed E-state index contributed by atoms with van der Waals surface area (Å²) in [4.78, 5) is 31.5. The maximum atomic E-state index is 13.8. The van der Waals surface area contributed by atoms with E-state index >= 15 is 0 Å². The number of alkyl halides is 3. The zero-order valence-electron chi connectivity index (χ0n) is 20.7. The minimum atomic E-state index is -4.56. The van der Waals surface area contributed by atoms with Crippen LogP contribution in [-0.4, -0.2) is 46.9 Å². The molecule has 3 heterocycles. The number of piperazine rings is 1. The average Bonchev–Trinajstić information content (AvgIpc) is 3.36. The number of nitrogens with zero attached hydrogens (tertiary/aromatic N) is 1. The van der Waals surface area contributed by atoms with Gasteiger partial charge in [0, 0.05) is 42.1 Å². The lowest BCUT2D eigenvalue weighted by atomic mass is 9.91. The van der Waals surface area contributed by atoms with E-state index in [9.17, 15) is 22.8 Å². The second kappa shape index (κ2) is 9.23. The fourth-order valence-corrected chi connectivity index (χ4v) is 5.29. The predicted molar refractivity (Wildman–Crippen MR) is 137 cm³/mol. The average molecular weight is 509 g/mol. The molecular formula is C28H27F3N4O2. The number of halogens is 3. The number of amides is 2. The highest BCUT2D eigenvalue weighted by atomic mass is 19.4. The van der Waals surface area contributed by atoms with Crippen LogP contribution in [0.25, 0.3) is 22.8 Å². The first-order valence-corrected chi connectivity index (χ1v) is 12.1. The first-order chi connectivity index (χ1) is 17.5. The number of hydrogen-bond acceptors (Lipinski definition) is 3. The number of aryl methyl sites for hydroxylation is 1. The van der Waals surface area contributed by atoms with Gasteiger partial charge in [-0.25, -0.2) is 0 Å². The van der Waals surface area contributed by atoms with Gasteiger partial charge in [0.1, 0.15) is 0 Å². The normalized spacial score (nSPS) is 20.8. The molecule has 2 aromatic carbocycles. The maximum absolute atomic E-state index is 13.8. The zero-order valence-corrected chi connectivity index (χ0v) is 20.7. The monoisotopic (exact) mass is 508 g/mol. The van der Waals surface area contributed by atoms with E-state index < -0.39 is 17.6 Å².